The summed E-state index contributed by atoms with van der Waals surface area (Å²) in [7, 11) is 1.29. The van der Waals surface area contributed by atoms with Crippen LogP contribution in [0, 0.1) is 5.82 Å². The predicted octanol–water partition coefficient (Wildman–Crippen LogP) is 3.98. The SMILES string of the molecule is COC(=O)C(C)(Nc1ccccc1F)c1cccc(Cl)c1. The molecule has 0 bridgehead atoms. The van der Waals surface area contributed by atoms with Crippen molar-refractivity contribution >= 4 is 23.3 Å². The summed E-state index contributed by atoms with van der Waals surface area (Å²) >= 11 is 5.98. The number of carbonyl (C=O) groups is 1. The minimum absolute atomic E-state index is 0.213. The molecule has 21 heavy (non-hydrogen) atoms. The standard InChI is InChI=1S/C16H15ClFNO2/c1-16(15(20)21-2,11-6-5-7-12(17)10-11)19-14-9-4-3-8-13(14)18/h3-10,19H,1-2H3. The predicted molar refractivity (Wildman–Crippen MR) is 80.8 cm³/mol. The Morgan fingerprint density at radius 1 is 1.24 bits per heavy atom. The van der Waals surface area contributed by atoms with Gasteiger partial charge in [0.15, 0.2) is 5.54 Å². The molecule has 0 aliphatic carbocycles. The fourth-order valence-corrected chi connectivity index (χ4v) is 2.27. The van der Waals surface area contributed by atoms with Crippen LogP contribution in [0.4, 0.5) is 10.1 Å². The van der Waals surface area contributed by atoms with Crippen molar-refractivity contribution in [1.29, 1.82) is 0 Å². The third-order valence-electron chi connectivity index (χ3n) is 3.25. The van der Waals surface area contributed by atoms with Crippen molar-refractivity contribution in [2.24, 2.45) is 0 Å². The Balaban J connectivity index is 2.48. The number of benzene rings is 2. The average molecular weight is 308 g/mol. The molecule has 110 valence electrons. The number of carbonyl (C=O) groups excluding carboxylic acids is 1. The molecular weight excluding hydrogens is 293 g/mol. The fourth-order valence-electron chi connectivity index (χ4n) is 2.08. The lowest BCUT2D eigenvalue weighted by Crippen LogP contribution is -2.41. The van der Waals surface area contributed by atoms with Crippen molar-refractivity contribution < 1.29 is 13.9 Å². The van der Waals surface area contributed by atoms with Crippen LogP contribution in [0.1, 0.15) is 12.5 Å². The topological polar surface area (TPSA) is 38.3 Å². The second-order valence-corrected chi connectivity index (χ2v) is 5.17. The number of hydrogen-bond acceptors (Lipinski definition) is 3. The minimum atomic E-state index is -1.25. The highest BCUT2D eigenvalue weighted by atomic mass is 35.5. The van der Waals surface area contributed by atoms with Crippen molar-refractivity contribution in [3.05, 3.63) is 64.9 Å². The maximum Gasteiger partial charge on any atom is 0.335 e. The highest BCUT2D eigenvalue weighted by Crippen LogP contribution is 2.30. The van der Waals surface area contributed by atoms with E-state index in [-0.39, 0.29) is 5.69 Å². The first-order chi connectivity index (χ1) is 9.97. The number of hydrogen-bond donors (Lipinski definition) is 1. The molecule has 0 saturated heterocycles. The fraction of sp³-hybridized carbons (Fsp3) is 0.188. The summed E-state index contributed by atoms with van der Waals surface area (Å²) in [6, 6.07) is 12.9. The van der Waals surface area contributed by atoms with Crippen molar-refractivity contribution in [2.75, 3.05) is 12.4 Å². The number of ether oxygens (including phenoxy) is 1. The average Bonchev–Trinajstić information content (AvgIpc) is 2.48. The van der Waals surface area contributed by atoms with E-state index < -0.39 is 17.3 Å². The van der Waals surface area contributed by atoms with Crippen LogP contribution in [0.25, 0.3) is 0 Å². The molecule has 2 rings (SSSR count). The molecule has 0 heterocycles. The van der Waals surface area contributed by atoms with E-state index in [0.29, 0.717) is 10.6 Å². The van der Waals surface area contributed by atoms with Gasteiger partial charge >= 0.3 is 5.97 Å². The molecule has 0 aliphatic rings. The molecule has 1 N–H and O–H groups in total. The molecule has 0 spiro atoms. The van der Waals surface area contributed by atoms with Gasteiger partial charge in [-0.25, -0.2) is 9.18 Å². The molecule has 5 heteroatoms. The van der Waals surface area contributed by atoms with E-state index in [0.717, 1.165) is 0 Å². The molecule has 0 aliphatic heterocycles. The summed E-state index contributed by atoms with van der Waals surface area (Å²) in [5.41, 5.74) is -0.447. The zero-order valence-corrected chi connectivity index (χ0v) is 12.4. The maximum absolute atomic E-state index is 13.8. The quantitative estimate of drug-likeness (QED) is 0.868. The summed E-state index contributed by atoms with van der Waals surface area (Å²) in [6.45, 7) is 1.62. The maximum atomic E-state index is 13.8. The first-order valence-electron chi connectivity index (χ1n) is 6.34. The van der Waals surface area contributed by atoms with Gasteiger partial charge in [-0.15, -0.1) is 0 Å². The van der Waals surface area contributed by atoms with Crippen LogP contribution >= 0.6 is 11.6 Å². The van der Waals surface area contributed by atoms with Gasteiger partial charge in [0, 0.05) is 5.02 Å². The van der Waals surface area contributed by atoms with Crippen LogP contribution in [0.2, 0.25) is 5.02 Å². The van der Waals surface area contributed by atoms with Gasteiger partial charge in [-0.2, -0.15) is 0 Å². The number of nitrogens with one attached hydrogen (secondary N) is 1. The molecule has 0 aromatic heterocycles. The lowest BCUT2D eigenvalue weighted by molar-refractivity contribution is -0.145. The number of halogens is 2. The zero-order valence-electron chi connectivity index (χ0n) is 11.7. The first kappa shape index (κ1) is 15.3. The lowest BCUT2D eigenvalue weighted by Gasteiger charge is -2.29. The summed E-state index contributed by atoms with van der Waals surface area (Å²) in [5.74, 6) is -0.984. The summed E-state index contributed by atoms with van der Waals surface area (Å²) in [4.78, 5) is 12.2. The molecule has 2 aromatic rings. The van der Waals surface area contributed by atoms with Crippen LogP contribution < -0.4 is 5.32 Å². The third-order valence-corrected chi connectivity index (χ3v) is 3.49. The molecule has 3 nitrogen and oxygen atoms in total. The highest BCUT2D eigenvalue weighted by molar-refractivity contribution is 6.30. The van der Waals surface area contributed by atoms with Gasteiger partial charge in [-0.05, 0) is 36.8 Å². The van der Waals surface area contributed by atoms with Crippen molar-refractivity contribution in [1.82, 2.24) is 0 Å². The van der Waals surface area contributed by atoms with E-state index in [2.05, 4.69) is 5.32 Å². The molecule has 2 aromatic carbocycles. The van der Waals surface area contributed by atoms with Gasteiger partial charge in [0.1, 0.15) is 5.82 Å². The number of rotatable bonds is 4. The van der Waals surface area contributed by atoms with Crippen LogP contribution in [-0.4, -0.2) is 13.1 Å². The molecule has 0 saturated carbocycles. The van der Waals surface area contributed by atoms with Gasteiger partial charge < -0.3 is 10.1 Å². The molecule has 0 radical (unpaired) electrons. The van der Waals surface area contributed by atoms with Crippen LogP contribution in [0.3, 0.4) is 0 Å². The molecule has 0 fully saturated rings. The van der Waals surface area contributed by atoms with Gasteiger partial charge in [0.2, 0.25) is 0 Å². The van der Waals surface area contributed by atoms with E-state index >= 15 is 0 Å². The molecule has 1 unspecified atom stereocenters. The molecular formula is C16H15ClFNO2. The second-order valence-electron chi connectivity index (χ2n) is 4.73. The Morgan fingerprint density at radius 2 is 1.95 bits per heavy atom. The third kappa shape index (κ3) is 3.16. The number of anilines is 1. The van der Waals surface area contributed by atoms with Crippen LogP contribution in [0.5, 0.6) is 0 Å². The Kier molecular flexibility index (Phi) is 4.48. The van der Waals surface area contributed by atoms with E-state index in [1.54, 1.807) is 49.4 Å². The van der Waals surface area contributed by atoms with E-state index in [9.17, 15) is 9.18 Å². The monoisotopic (exact) mass is 307 g/mol. The number of para-hydroxylation sites is 1. The Labute approximate surface area is 127 Å². The second kappa shape index (κ2) is 6.14. The smallest absolute Gasteiger partial charge is 0.335 e. The number of methoxy groups -OCH3 is 1. The summed E-state index contributed by atoms with van der Waals surface area (Å²) < 4.78 is 18.7. The zero-order chi connectivity index (χ0) is 15.5. The normalized spacial score (nSPS) is 13.3. The molecule has 0 amide bonds. The van der Waals surface area contributed by atoms with E-state index in [1.165, 1.54) is 13.2 Å². The van der Waals surface area contributed by atoms with Crippen molar-refractivity contribution in [3.63, 3.8) is 0 Å². The van der Waals surface area contributed by atoms with Crippen LogP contribution in [0.15, 0.2) is 48.5 Å². The van der Waals surface area contributed by atoms with E-state index in [1.807, 2.05) is 0 Å². The van der Waals surface area contributed by atoms with Gasteiger partial charge in [-0.3, -0.25) is 0 Å². The minimum Gasteiger partial charge on any atom is -0.467 e. The van der Waals surface area contributed by atoms with Gasteiger partial charge in [0.05, 0.1) is 12.8 Å². The Hall–Kier alpha value is -2.07. The first-order valence-corrected chi connectivity index (χ1v) is 6.72. The Bertz CT molecular complexity index is 662. The summed E-state index contributed by atoms with van der Waals surface area (Å²) in [5, 5.41) is 3.39. The summed E-state index contributed by atoms with van der Waals surface area (Å²) in [6.07, 6.45) is 0. The lowest BCUT2D eigenvalue weighted by atomic mass is 9.91. The van der Waals surface area contributed by atoms with Gasteiger partial charge in [-0.1, -0.05) is 35.9 Å². The van der Waals surface area contributed by atoms with Crippen LogP contribution in [-0.2, 0) is 15.1 Å². The largest absolute Gasteiger partial charge is 0.467 e. The van der Waals surface area contributed by atoms with Crippen molar-refractivity contribution in [2.45, 2.75) is 12.5 Å². The number of esters is 1. The highest BCUT2D eigenvalue weighted by Gasteiger charge is 2.37. The van der Waals surface area contributed by atoms with Crippen molar-refractivity contribution in [3.8, 4) is 0 Å². The molecule has 1 atom stereocenters. The van der Waals surface area contributed by atoms with Gasteiger partial charge in [0.25, 0.3) is 0 Å². The Morgan fingerprint density at radius 3 is 2.57 bits per heavy atom. The van der Waals surface area contributed by atoms with E-state index in [4.69, 9.17) is 16.3 Å².